The number of morpholine rings is 1. The molecule has 7 nitrogen and oxygen atoms in total. The Morgan fingerprint density at radius 2 is 2.05 bits per heavy atom. The smallest absolute Gasteiger partial charge is 0.389 e. The highest BCUT2D eigenvalue weighted by molar-refractivity contribution is 8.54. The van der Waals surface area contributed by atoms with Crippen LogP contribution in [0.1, 0.15) is 20.3 Å². The van der Waals surface area contributed by atoms with Crippen molar-refractivity contribution in [1.82, 2.24) is 4.90 Å². The van der Waals surface area contributed by atoms with Crippen molar-refractivity contribution < 1.29 is 28.3 Å². The normalized spacial score (nSPS) is 20.0. The van der Waals surface area contributed by atoms with Gasteiger partial charge < -0.3 is 18.9 Å². The SMILES string of the molecule is COP(=O)(O)SCOC(=O)C(C)(C)CCN1CCOCC1. The van der Waals surface area contributed by atoms with Crippen molar-refractivity contribution in [3.8, 4) is 0 Å². The maximum absolute atomic E-state index is 12.0. The Morgan fingerprint density at radius 3 is 2.62 bits per heavy atom. The van der Waals surface area contributed by atoms with Gasteiger partial charge in [0.15, 0.2) is 0 Å². The summed E-state index contributed by atoms with van der Waals surface area (Å²) in [6.45, 7) is 3.94. The van der Waals surface area contributed by atoms with Crippen molar-refractivity contribution >= 4 is 24.1 Å². The summed E-state index contributed by atoms with van der Waals surface area (Å²) >= 11 is 0.588. The van der Waals surface area contributed by atoms with Crippen molar-refractivity contribution in [3.05, 3.63) is 0 Å². The second-order valence-corrected chi connectivity index (χ2v) is 9.37. The van der Waals surface area contributed by atoms with Gasteiger partial charge in [0.25, 0.3) is 0 Å². The van der Waals surface area contributed by atoms with Crippen molar-refractivity contribution in [2.45, 2.75) is 20.3 Å². The van der Waals surface area contributed by atoms with E-state index in [4.69, 9.17) is 9.47 Å². The molecule has 1 fully saturated rings. The Labute approximate surface area is 129 Å². The molecule has 0 aromatic carbocycles. The zero-order valence-corrected chi connectivity index (χ0v) is 14.5. The molecule has 1 N–H and O–H groups in total. The summed E-state index contributed by atoms with van der Waals surface area (Å²) in [4.78, 5) is 23.5. The Hall–Kier alpha value is -0.110. The molecule has 9 heteroatoms. The van der Waals surface area contributed by atoms with Crippen LogP contribution in [0.15, 0.2) is 0 Å². The Kier molecular flexibility index (Phi) is 7.67. The number of hydrogen-bond acceptors (Lipinski definition) is 7. The van der Waals surface area contributed by atoms with E-state index in [1.165, 1.54) is 0 Å². The Balaban J connectivity index is 2.31. The monoisotopic (exact) mass is 341 g/mol. The van der Waals surface area contributed by atoms with Crippen molar-refractivity contribution in [1.29, 1.82) is 0 Å². The van der Waals surface area contributed by atoms with Crippen molar-refractivity contribution in [2.75, 3.05) is 45.9 Å². The summed E-state index contributed by atoms with van der Waals surface area (Å²) in [7, 11) is 1.14. The minimum atomic E-state index is -3.70. The van der Waals surface area contributed by atoms with Gasteiger partial charge in [0.05, 0.1) is 18.6 Å². The lowest BCUT2D eigenvalue weighted by atomic mass is 9.89. The second kappa shape index (κ2) is 8.50. The number of nitrogens with zero attached hydrogens (tertiary/aromatic N) is 1. The van der Waals surface area contributed by atoms with Crippen molar-refractivity contribution in [2.24, 2.45) is 5.41 Å². The molecule has 0 aliphatic carbocycles. The molecule has 124 valence electrons. The lowest BCUT2D eigenvalue weighted by Gasteiger charge is -2.30. The zero-order chi connectivity index (χ0) is 15.9. The standard InChI is InChI=1S/C12H24NO6PS/c1-12(2,4-5-13-6-8-18-9-7-13)11(14)19-10-21-20(15,16)17-3/h4-10H2,1-3H3,(H,15,16). The summed E-state index contributed by atoms with van der Waals surface area (Å²) in [6.07, 6.45) is 0.664. The lowest BCUT2D eigenvalue weighted by Crippen LogP contribution is -2.39. The molecule has 0 spiro atoms. The minimum Gasteiger partial charge on any atom is -0.454 e. The molecule has 1 aliphatic heterocycles. The molecule has 1 rings (SSSR count). The van der Waals surface area contributed by atoms with Crippen LogP contribution in [-0.2, 0) is 23.4 Å². The fourth-order valence-electron chi connectivity index (χ4n) is 1.76. The highest BCUT2D eigenvalue weighted by Gasteiger charge is 2.31. The first kappa shape index (κ1) is 18.9. The molecule has 1 heterocycles. The lowest BCUT2D eigenvalue weighted by molar-refractivity contribution is -0.152. The summed E-state index contributed by atoms with van der Waals surface area (Å²) < 4.78 is 26.0. The molecule has 0 bridgehead atoms. The zero-order valence-electron chi connectivity index (χ0n) is 12.7. The summed E-state index contributed by atoms with van der Waals surface area (Å²) in [6, 6.07) is 0. The van der Waals surface area contributed by atoms with E-state index in [0.717, 1.165) is 40.0 Å². The van der Waals surface area contributed by atoms with Gasteiger partial charge in [-0.2, -0.15) is 0 Å². The predicted octanol–water partition coefficient (Wildman–Crippen LogP) is 1.72. The fraction of sp³-hybridized carbons (Fsp3) is 0.917. The third-order valence-electron chi connectivity index (χ3n) is 3.35. The van der Waals surface area contributed by atoms with Gasteiger partial charge in [0.1, 0.15) is 5.94 Å². The third-order valence-corrected chi connectivity index (χ3v) is 6.10. The van der Waals surface area contributed by atoms with Gasteiger partial charge in [-0.25, -0.2) is 4.57 Å². The van der Waals surface area contributed by atoms with Gasteiger partial charge in [-0.15, -0.1) is 0 Å². The molecule has 0 radical (unpaired) electrons. The molecule has 0 aromatic heterocycles. The fourth-order valence-corrected chi connectivity index (χ4v) is 3.03. The molecular weight excluding hydrogens is 317 g/mol. The maximum Gasteiger partial charge on any atom is 0.389 e. The topological polar surface area (TPSA) is 85.3 Å². The predicted molar refractivity (Wildman–Crippen MR) is 81.0 cm³/mol. The first-order valence-corrected chi connectivity index (χ1v) is 9.94. The quantitative estimate of drug-likeness (QED) is 0.406. The van der Waals surface area contributed by atoms with Gasteiger partial charge in [-0.3, -0.25) is 9.69 Å². The summed E-state index contributed by atoms with van der Waals surface area (Å²) in [5.41, 5.74) is -0.634. The van der Waals surface area contributed by atoms with Crippen molar-refractivity contribution in [3.63, 3.8) is 0 Å². The van der Waals surface area contributed by atoms with Crippen LogP contribution in [0.2, 0.25) is 0 Å². The van der Waals surface area contributed by atoms with E-state index in [-0.39, 0.29) is 11.9 Å². The van der Waals surface area contributed by atoms with Gasteiger partial charge in [0, 0.05) is 31.6 Å². The van der Waals surface area contributed by atoms with E-state index >= 15 is 0 Å². The average molecular weight is 341 g/mol. The van der Waals surface area contributed by atoms with E-state index in [9.17, 15) is 14.3 Å². The molecule has 1 atom stereocenters. The van der Waals surface area contributed by atoms with Crippen LogP contribution in [0.25, 0.3) is 0 Å². The van der Waals surface area contributed by atoms with Gasteiger partial charge in [0.2, 0.25) is 0 Å². The van der Waals surface area contributed by atoms with E-state index in [2.05, 4.69) is 9.42 Å². The van der Waals surface area contributed by atoms with Crippen LogP contribution < -0.4 is 0 Å². The van der Waals surface area contributed by atoms with Crippen LogP contribution in [0.5, 0.6) is 0 Å². The van der Waals surface area contributed by atoms with E-state index in [1.807, 2.05) is 13.8 Å². The van der Waals surface area contributed by atoms with E-state index in [1.54, 1.807) is 0 Å². The number of ether oxygens (including phenoxy) is 2. The van der Waals surface area contributed by atoms with Gasteiger partial charge >= 0.3 is 12.8 Å². The third kappa shape index (κ3) is 7.13. The summed E-state index contributed by atoms with van der Waals surface area (Å²) in [5.74, 6) is -0.569. The maximum atomic E-state index is 12.0. The van der Waals surface area contributed by atoms with E-state index in [0.29, 0.717) is 17.8 Å². The second-order valence-electron chi connectivity index (χ2n) is 5.42. The highest BCUT2D eigenvalue weighted by atomic mass is 32.7. The highest BCUT2D eigenvalue weighted by Crippen LogP contribution is 2.54. The molecule has 0 amide bonds. The minimum absolute atomic E-state index is 0.193. The average Bonchev–Trinajstić information content (AvgIpc) is 2.46. The van der Waals surface area contributed by atoms with Crippen LogP contribution in [0, 0.1) is 5.41 Å². The first-order valence-electron chi connectivity index (χ1n) is 6.77. The molecule has 0 saturated carbocycles. The molecule has 1 saturated heterocycles. The molecular formula is C12H24NO6PS. The molecule has 1 unspecified atom stereocenters. The number of carbonyl (C=O) groups excluding carboxylic acids is 1. The molecule has 0 aromatic rings. The Bertz CT molecular complexity index is 386. The molecule has 21 heavy (non-hydrogen) atoms. The van der Waals surface area contributed by atoms with Crippen LogP contribution >= 0.6 is 18.2 Å². The summed E-state index contributed by atoms with van der Waals surface area (Å²) in [5, 5.41) is 0. The van der Waals surface area contributed by atoms with Crippen LogP contribution in [0.3, 0.4) is 0 Å². The van der Waals surface area contributed by atoms with Gasteiger partial charge in [-0.1, -0.05) is 0 Å². The first-order chi connectivity index (χ1) is 9.77. The number of hydrogen-bond donors (Lipinski definition) is 1. The number of rotatable bonds is 8. The number of carbonyl (C=O) groups is 1. The largest absolute Gasteiger partial charge is 0.454 e. The van der Waals surface area contributed by atoms with Crippen LogP contribution in [0.4, 0.5) is 0 Å². The number of esters is 1. The Morgan fingerprint density at radius 1 is 1.43 bits per heavy atom. The van der Waals surface area contributed by atoms with Gasteiger partial charge in [-0.05, 0) is 26.8 Å². The van der Waals surface area contributed by atoms with E-state index < -0.39 is 12.2 Å². The van der Waals surface area contributed by atoms with Crippen LogP contribution in [-0.4, -0.2) is 61.7 Å². The molecule has 1 aliphatic rings.